The second-order valence-corrected chi connectivity index (χ2v) is 4.38. The molecule has 0 spiro atoms. The summed E-state index contributed by atoms with van der Waals surface area (Å²) < 4.78 is 10.2. The van der Waals surface area contributed by atoms with Gasteiger partial charge in [0.1, 0.15) is 17.5 Å². The van der Waals surface area contributed by atoms with Gasteiger partial charge < -0.3 is 25.2 Å². The zero-order chi connectivity index (χ0) is 15.8. The Morgan fingerprint density at radius 3 is 2.19 bits per heavy atom. The Hall–Kier alpha value is -2.44. The minimum Gasteiger partial charge on any atom is -0.497 e. The summed E-state index contributed by atoms with van der Waals surface area (Å²) in [4.78, 5) is 22.8. The average molecular weight is 296 g/mol. The summed E-state index contributed by atoms with van der Waals surface area (Å²) in [6.07, 6.45) is 1.02. The second kappa shape index (κ2) is 7.98. The number of methoxy groups -OCH3 is 2. The molecule has 7 nitrogen and oxygen atoms in total. The molecule has 0 radical (unpaired) electrons. The Bertz CT molecular complexity index is 482. The summed E-state index contributed by atoms with van der Waals surface area (Å²) in [5, 5.41) is 14.0. The van der Waals surface area contributed by atoms with Gasteiger partial charge in [-0.1, -0.05) is 13.3 Å². The van der Waals surface area contributed by atoms with E-state index in [1.807, 2.05) is 6.92 Å². The summed E-state index contributed by atoms with van der Waals surface area (Å²) >= 11 is 0. The number of carbonyl (C=O) groups excluding carboxylic acids is 1. The predicted octanol–water partition coefficient (Wildman–Crippen LogP) is 2.08. The van der Waals surface area contributed by atoms with Crippen LogP contribution in [0.25, 0.3) is 0 Å². The number of hydrogen-bond acceptors (Lipinski definition) is 4. The highest BCUT2D eigenvalue weighted by Crippen LogP contribution is 2.25. The van der Waals surface area contributed by atoms with Crippen LogP contribution in [0, 0.1) is 0 Å². The Kier molecular flexibility index (Phi) is 6.32. The van der Waals surface area contributed by atoms with E-state index in [0.29, 0.717) is 30.0 Å². The van der Waals surface area contributed by atoms with Crippen LogP contribution < -0.4 is 20.1 Å². The number of carboxylic acid groups (broad SMARTS) is 1. The van der Waals surface area contributed by atoms with Gasteiger partial charge in [0.15, 0.2) is 0 Å². The minimum absolute atomic E-state index is 0.365. The largest absolute Gasteiger partial charge is 0.497 e. The van der Waals surface area contributed by atoms with E-state index in [0.717, 1.165) is 0 Å². The first-order valence-electron chi connectivity index (χ1n) is 6.53. The molecule has 2 amide bonds. The number of anilines is 1. The Morgan fingerprint density at radius 2 is 1.76 bits per heavy atom. The predicted molar refractivity (Wildman–Crippen MR) is 78.0 cm³/mol. The number of amides is 2. The summed E-state index contributed by atoms with van der Waals surface area (Å²) in [5.74, 6) is -0.0174. The molecule has 21 heavy (non-hydrogen) atoms. The van der Waals surface area contributed by atoms with E-state index in [9.17, 15) is 9.59 Å². The van der Waals surface area contributed by atoms with Gasteiger partial charge in [-0.3, -0.25) is 0 Å². The third-order valence-corrected chi connectivity index (χ3v) is 2.79. The van der Waals surface area contributed by atoms with Crippen molar-refractivity contribution in [3.05, 3.63) is 18.2 Å². The zero-order valence-corrected chi connectivity index (χ0v) is 12.3. The lowest BCUT2D eigenvalue weighted by atomic mass is 10.2. The number of rotatable bonds is 7. The molecule has 3 N–H and O–H groups in total. The number of hydrogen-bond donors (Lipinski definition) is 3. The molecule has 0 heterocycles. The fraction of sp³-hybridized carbons (Fsp3) is 0.429. The molecule has 0 saturated carbocycles. The third kappa shape index (κ3) is 5.21. The van der Waals surface area contributed by atoms with Gasteiger partial charge >= 0.3 is 12.0 Å². The van der Waals surface area contributed by atoms with E-state index >= 15 is 0 Å². The fourth-order valence-corrected chi connectivity index (χ4v) is 1.75. The van der Waals surface area contributed by atoms with Gasteiger partial charge in [-0.25, -0.2) is 9.59 Å². The van der Waals surface area contributed by atoms with Crippen LogP contribution in [0.5, 0.6) is 11.5 Å². The molecular formula is C14H20N2O5. The molecular weight excluding hydrogens is 276 g/mol. The summed E-state index contributed by atoms with van der Waals surface area (Å²) in [6, 6.07) is 3.38. The molecule has 0 fully saturated rings. The van der Waals surface area contributed by atoms with Crippen molar-refractivity contribution in [2.24, 2.45) is 0 Å². The van der Waals surface area contributed by atoms with E-state index in [-0.39, 0.29) is 0 Å². The van der Waals surface area contributed by atoms with E-state index < -0.39 is 18.0 Å². The smallest absolute Gasteiger partial charge is 0.326 e. The molecule has 1 atom stereocenters. The first-order valence-corrected chi connectivity index (χ1v) is 6.53. The Morgan fingerprint density at radius 1 is 1.19 bits per heavy atom. The lowest BCUT2D eigenvalue weighted by Gasteiger charge is -2.15. The topological polar surface area (TPSA) is 96.9 Å². The number of benzene rings is 1. The van der Waals surface area contributed by atoms with Crippen LogP contribution in [0.15, 0.2) is 18.2 Å². The van der Waals surface area contributed by atoms with Crippen molar-refractivity contribution >= 4 is 17.7 Å². The van der Waals surface area contributed by atoms with Gasteiger partial charge in [-0.15, -0.1) is 0 Å². The summed E-state index contributed by atoms with van der Waals surface area (Å²) in [7, 11) is 3.00. The first-order chi connectivity index (χ1) is 9.99. The minimum atomic E-state index is -1.06. The Labute approximate surface area is 123 Å². The van der Waals surface area contributed by atoms with Gasteiger partial charge in [0, 0.05) is 23.9 Å². The number of nitrogens with one attached hydrogen (secondary N) is 2. The van der Waals surface area contributed by atoms with Gasteiger partial charge in [0.05, 0.1) is 14.2 Å². The molecule has 0 aromatic heterocycles. The van der Waals surface area contributed by atoms with E-state index in [4.69, 9.17) is 14.6 Å². The fourth-order valence-electron chi connectivity index (χ4n) is 1.75. The molecule has 0 saturated heterocycles. The second-order valence-electron chi connectivity index (χ2n) is 4.38. The summed E-state index contributed by atoms with van der Waals surface area (Å²) in [5.41, 5.74) is 0.448. The van der Waals surface area contributed by atoms with Crippen LogP contribution >= 0.6 is 0 Å². The number of aliphatic carboxylic acids is 1. The SMILES string of the molecule is CCCC(NC(=O)Nc1cc(OC)cc(OC)c1)C(=O)O. The normalized spacial score (nSPS) is 11.4. The van der Waals surface area contributed by atoms with Crippen LogP contribution in [-0.4, -0.2) is 37.4 Å². The highest BCUT2D eigenvalue weighted by Gasteiger charge is 2.18. The van der Waals surface area contributed by atoms with Crippen LogP contribution in [0.1, 0.15) is 19.8 Å². The van der Waals surface area contributed by atoms with Crippen molar-refractivity contribution in [1.82, 2.24) is 5.32 Å². The van der Waals surface area contributed by atoms with Gasteiger partial charge in [0.2, 0.25) is 0 Å². The highest BCUT2D eigenvalue weighted by molar-refractivity contribution is 5.92. The number of carboxylic acids is 1. The maximum Gasteiger partial charge on any atom is 0.326 e. The highest BCUT2D eigenvalue weighted by atomic mass is 16.5. The lowest BCUT2D eigenvalue weighted by molar-refractivity contribution is -0.139. The number of urea groups is 1. The van der Waals surface area contributed by atoms with Gasteiger partial charge in [0.25, 0.3) is 0 Å². The van der Waals surface area contributed by atoms with Crippen molar-refractivity contribution in [2.45, 2.75) is 25.8 Å². The van der Waals surface area contributed by atoms with Crippen LogP contribution in [0.3, 0.4) is 0 Å². The summed E-state index contributed by atoms with van der Waals surface area (Å²) in [6.45, 7) is 1.85. The molecule has 0 aliphatic carbocycles. The molecule has 1 aromatic rings. The van der Waals surface area contributed by atoms with E-state index in [2.05, 4.69) is 10.6 Å². The van der Waals surface area contributed by atoms with Crippen molar-refractivity contribution < 1.29 is 24.2 Å². The van der Waals surface area contributed by atoms with Crippen molar-refractivity contribution in [3.8, 4) is 11.5 Å². The van der Waals surface area contributed by atoms with Crippen LogP contribution in [0.2, 0.25) is 0 Å². The molecule has 7 heteroatoms. The maximum atomic E-state index is 11.8. The number of ether oxygens (including phenoxy) is 2. The van der Waals surface area contributed by atoms with Gasteiger partial charge in [-0.2, -0.15) is 0 Å². The molecule has 1 unspecified atom stereocenters. The standard InChI is InChI=1S/C14H20N2O5/c1-4-5-12(13(17)18)16-14(19)15-9-6-10(20-2)8-11(7-9)21-3/h6-8,12H,4-5H2,1-3H3,(H,17,18)(H2,15,16,19). The average Bonchev–Trinajstić information content (AvgIpc) is 2.46. The van der Waals surface area contributed by atoms with Crippen molar-refractivity contribution in [2.75, 3.05) is 19.5 Å². The number of carbonyl (C=O) groups is 2. The lowest BCUT2D eigenvalue weighted by Crippen LogP contribution is -2.42. The van der Waals surface area contributed by atoms with Crippen molar-refractivity contribution in [1.29, 1.82) is 0 Å². The Balaban J connectivity index is 2.75. The molecule has 116 valence electrons. The van der Waals surface area contributed by atoms with Crippen molar-refractivity contribution in [3.63, 3.8) is 0 Å². The first kappa shape index (κ1) is 16.6. The van der Waals surface area contributed by atoms with Crippen LogP contribution in [-0.2, 0) is 4.79 Å². The quantitative estimate of drug-likeness (QED) is 0.715. The molecule has 0 aliphatic rings. The molecule has 0 aliphatic heterocycles. The van der Waals surface area contributed by atoms with E-state index in [1.54, 1.807) is 18.2 Å². The van der Waals surface area contributed by atoms with Crippen LogP contribution in [0.4, 0.5) is 10.5 Å². The molecule has 1 aromatic carbocycles. The zero-order valence-electron chi connectivity index (χ0n) is 12.3. The molecule has 0 bridgehead atoms. The van der Waals surface area contributed by atoms with E-state index in [1.165, 1.54) is 14.2 Å². The maximum absolute atomic E-state index is 11.8. The monoisotopic (exact) mass is 296 g/mol. The third-order valence-electron chi connectivity index (χ3n) is 2.79. The van der Waals surface area contributed by atoms with Gasteiger partial charge in [-0.05, 0) is 6.42 Å². The molecule has 1 rings (SSSR count).